The fourth-order valence-electron chi connectivity index (χ4n) is 3.18. The van der Waals surface area contributed by atoms with Crippen LogP contribution in [-0.4, -0.2) is 28.0 Å². The number of urea groups is 1. The number of H-pyrrole nitrogens is 1. The standard InChI is InChI=1S/C16H21N3O/c1-11-6-5-7-12(2)19(11)16(20)18-15-10-17-14-9-4-3-8-13(14)15/h3-4,8-12,17H,5-7H2,1-2H3,(H,18,20)/t11-,12-/m1/s1. The minimum Gasteiger partial charge on any atom is -0.359 e. The van der Waals surface area contributed by atoms with Crippen molar-refractivity contribution >= 4 is 22.6 Å². The van der Waals surface area contributed by atoms with Crippen molar-refractivity contribution < 1.29 is 4.79 Å². The SMILES string of the molecule is C[C@@H]1CCC[C@@H](C)N1C(=O)Nc1c[nH]c2ccccc12. The van der Waals surface area contributed by atoms with Gasteiger partial charge in [0.2, 0.25) is 0 Å². The summed E-state index contributed by atoms with van der Waals surface area (Å²) in [6.07, 6.45) is 5.25. The lowest BCUT2D eigenvalue weighted by Crippen LogP contribution is -2.49. The fraction of sp³-hybridized carbons (Fsp3) is 0.438. The number of aromatic nitrogens is 1. The Morgan fingerprint density at radius 2 is 1.95 bits per heavy atom. The lowest BCUT2D eigenvalue weighted by atomic mass is 9.98. The summed E-state index contributed by atoms with van der Waals surface area (Å²) in [7, 11) is 0. The number of piperidine rings is 1. The number of carbonyl (C=O) groups is 1. The molecule has 2 amide bonds. The number of hydrogen-bond acceptors (Lipinski definition) is 1. The van der Waals surface area contributed by atoms with Crippen LogP contribution < -0.4 is 5.32 Å². The average molecular weight is 271 g/mol. The van der Waals surface area contributed by atoms with Crippen LogP contribution in [0.4, 0.5) is 10.5 Å². The molecule has 3 rings (SSSR count). The summed E-state index contributed by atoms with van der Waals surface area (Å²) in [5.74, 6) is 0. The Bertz CT molecular complexity index is 609. The molecule has 4 heteroatoms. The molecule has 1 fully saturated rings. The molecule has 2 aromatic rings. The lowest BCUT2D eigenvalue weighted by molar-refractivity contribution is 0.133. The molecule has 1 aliphatic rings. The summed E-state index contributed by atoms with van der Waals surface area (Å²) in [5, 5.41) is 4.11. The molecule has 0 aliphatic carbocycles. The third-order valence-corrected chi connectivity index (χ3v) is 4.26. The van der Waals surface area contributed by atoms with E-state index in [-0.39, 0.29) is 6.03 Å². The zero-order valence-electron chi connectivity index (χ0n) is 12.0. The first-order valence-corrected chi connectivity index (χ1v) is 7.32. The van der Waals surface area contributed by atoms with Crippen molar-refractivity contribution in [2.45, 2.75) is 45.2 Å². The van der Waals surface area contributed by atoms with Crippen molar-refractivity contribution in [1.82, 2.24) is 9.88 Å². The van der Waals surface area contributed by atoms with Crippen LogP contribution in [0.1, 0.15) is 33.1 Å². The highest BCUT2D eigenvalue weighted by Crippen LogP contribution is 2.26. The van der Waals surface area contributed by atoms with Crippen LogP contribution >= 0.6 is 0 Å². The molecular weight excluding hydrogens is 250 g/mol. The Balaban J connectivity index is 1.81. The van der Waals surface area contributed by atoms with Gasteiger partial charge in [0.15, 0.2) is 0 Å². The van der Waals surface area contributed by atoms with E-state index in [4.69, 9.17) is 0 Å². The summed E-state index contributed by atoms with van der Waals surface area (Å²) in [4.78, 5) is 17.7. The highest BCUT2D eigenvalue weighted by molar-refractivity contribution is 6.01. The topological polar surface area (TPSA) is 48.1 Å². The third-order valence-electron chi connectivity index (χ3n) is 4.26. The Hall–Kier alpha value is -1.97. The largest absolute Gasteiger partial charge is 0.359 e. The summed E-state index contributed by atoms with van der Waals surface area (Å²) in [5.41, 5.74) is 1.90. The number of rotatable bonds is 1. The zero-order valence-corrected chi connectivity index (χ0v) is 12.0. The molecule has 0 radical (unpaired) electrons. The van der Waals surface area contributed by atoms with E-state index in [1.807, 2.05) is 35.4 Å². The number of benzene rings is 1. The Kier molecular flexibility index (Phi) is 3.38. The average Bonchev–Trinajstić information content (AvgIpc) is 2.82. The number of nitrogens with zero attached hydrogens (tertiary/aromatic N) is 1. The van der Waals surface area contributed by atoms with Crippen LogP contribution in [-0.2, 0) is 0 Å². The van der Waals surface area contributed by atoms with E-state index in [0.29, 0.717) is 12.1 Å². The molecule has 20 heavy (non-hydrogen) atoms. The Labute approximate surface area is 119 Å². The van der Waals surface area contributed by atoms with Gasteiger partial charge in [-0.15, -0.1) is 0 Å². The van der Waals surface area contributed by atoms with Gasteiger partial charge in [-0.2, -0.15) is 0 Å². The van der Waals surface area contributed by atoms with E-state index in [0.717, 1.165) is 29.4 Å². The van der Waals surface area contributed by atoms with Gasteiger partial charge in [-0.05, 0) is 39.2 Å². The second-order valence-electron chi connectivity index (χ2n) is 5.71. The van der Waals surface area contributed by atoms with Gasteiger partial charge in [0.05, 0.1) is 5.69 Å². The second kappa shape index (κ2) is 5.19. The van der Waals surface area contributed by atoms with Crippen LogP contribution in [0.5, 0.6) is 0 Å². The maximum Gasteiger partial charge on any atom is 0.322 e. The summed E-state index contributed by atoms with van der Waals surface area (Å²) < 4.78 is 0. The molecule has 1 aromatic heterocycles. The van der Waals surface area contributed by atoms with Crippen LogP contribution in [0.25, 0.3) is 10.9 Å². The third kappa shape index (κ3) is 2.26. The number of amides is 2. The van der Waals surface area contributed by atoms with Crippen molar-refractivity contribution in [2.75, 3.05) is 5.32 Å². The molecule has 0 unspecified atom stereocenters. The first-order chi connectivity index (χ1) is 9.66. The van der Waals surface area contributed by atoms with Crippen molar-refractivity contribution in [3.8, 4) is 0 Å². The van der Waals surface area contributed by atoms with Gasteiger partial charge in [-0.3, -0.25) is 0 Å². The molecule has 0 bridgehead atoms. The predicted molar refractivity (Wildman–Crippen MR) is 81.9 cm³/mol. The molecule has 4 nitrogen and oxygen atoms in total. The number of anilines is 1. The molecule has 2 atom stereocenters. The van der Waals surface area contributed by atoms with Crippen molar-refractivity contribution in [3.63, 3.8) is 0 Å². The number of fused-ring (bicyclic) bond motifs is 1. The number of carbonyl (C=O) groups excluding carboxylic acids is 1. The van der Waals surface area contributed by atoms with Crippen LogP contribution in [0.2, 0.25) is 0 Å². The molecule has 1 aromatic carbocycles. The highest BCUT2D eigenvalue weighted by atomic mass is 16.2. The normalized spacial score (nSPS) is 23.0. The second-order valence-corrected chi connectivity index (χ2v) is 5.71. The minimum absolute atomic E-state index is 0.00875. The monoisotopic (exact) mass is 271 g/mol. The quantitative estimate of drug-likeness (QED) is 0.810. The van der Waals surface area contributed by atoms with Gasteiger partial charge < -0.3 is 15.2 Å². The number of nitrogens with one attached hydrogen (secondary N) is 2. The van der Waals surface area contributed by atoms with E-state index >= 15 is 0 Å². The van der Waals surface area contributed by atoms with Crippen molar-refractivity contribution in [2.24, 2.45) is 0 Å². The smallest absolute Gasteiger partial charge is 0.322 e. The highest BCUT2D eigenvalue weighted by Gasteiger charge is 2.29. The molecule has 1 aliphatic heterocycles. The maximum atomic E-state index is 12.5. The number of para-hydroxylation sites is 1. The van der Waals surface area contributed by atoms with Crippen LogP contribution in [0, 0.1) is 0 Å². The minimum atomic E-state index is 0.00875. The summed E-state index contributed by atoms with van der Waals surface area (Å²) >= 11 is 0. The van der Waals surface area contributed by atoms with Gasteiger partial charge in [0, 0.05) is 29.2 Å². The Morgan fingerprint density at radius 3 is 2.70 bits per heavy atom. The van der Waals surface area contributed by atoms with E-state index in [2.05, 4.69) is 24.1 Å². The number of hydrogen-bond donors (Lipinski definition) is 2. The van der Waals surface area contributed by atoms with E-state index in [1.165, 1.54) is 6.42 Å². The maximum absolute atomic E-state index is 12.5. The molecule has 0 saturated carbocycles. The van der Waals surface area contributed by atoms with Crippen molar-refractivity contribution in [3.05, 3.63) is 30.5 Å². The van der Waals surface area contributed by atoms with Crippen molar-refractivity contribution in [1.29, 1.82) is 0 Å². The van der Waals surface area contributed by atoms with Gasteiger partial charge >= 0.3 is 6.03 Å². The lowest BCUT2D eigenvalue weighted by Gasteiger charge is -2.38. The molecule has 1 saturated heterocycles. The number of likely N-dealkylation sites (tertiary alicyclic amines) is 1. The fourth-order valence-corrected chi connectivity index (χ4v) is 3.18. The molecule has 106 valence electrons. The summed E-state index contributed by atoms with van der Waals surface area (Å²) in [6, 6.07) is 8.63. The number of aromatic amines is 1. The van der Waals surface area contributed by atoms with Crippen LogP contribution in [0.15, 0.2) is 30.5 Å². The molecule has 2 N–H and O–H groups in total. The predicted octanol–water partition coefficient (Wildman–Crippen LogP) is 3.96. The summed E-state index contributed by atoms with van der Waals surface area (Å²) in [6.45, 7) is 4.26. The first kappa shape index (κ1) is 13.0. The van der Waals surface area contributed by atoms with E-state index < -0.39 is 0 Å². The van der Waals surface area contributed by atoms with E-state index in [1.54, 1.807) is 0 Å². The Morgan fingerprint density at radius 1 is 1.25 bits per heavy atom. The van der Waals surface area contributed by atoms with Gasteiger partial charge in [0.25, 0.3) is 0 Å². The molecule has 2 heterocycles. The van der Waals surface area contributed by atoms with Crippen LogP contribution in [0.3, 0.4) is 0 Å². The van der Waals surface area contributed by atoms with E-state index in [9.17, 15) is 4.79 Å². The van der Waals surface area contributed by atoms with Gasteiger partial charge in [-0.1, -0.05) is 18.2 Å². The van der Waals surface area contributed by atoms with Gasteiger partial charge in [-0.25, -0.2) is 4.79 Å². The zero-order chi connectivity index (χ0) is 14.1. The molecule has 0 spiro atoms. The first-order valence-electron chi connectivity index (χ1n) is 7.32. The van der Waals surface area contributed by atoms with Gasteiger partial charge in [0.1, 0.15) is 0 Å². The molecular formula is C16H21N3O.